The third-order valence-electron chi connectivity index (χ3n) is 4.50. The van der Waals surface area contributed by atoms with Crippen molar-refractivity contribution < 1.29 is 17.9 Å². The lowest BCUT2D eigenvalue weighted by Gasteiger charge is -2.14. The van der Waals surface area contributed by atoms with Crippen LogP contribution < -0.4 is 14.8 Å². The first-order valence-electron chi connectivity index (χ1n) is 8.57. The van der Waals surface area contributed by atoms with Gasteiger partial charge in [-0.05, 0) is 78.0 Å². The van der Waals surface area contributed by atoms with Gasteiger partial charge < -0.3 is 10.1 Å². The molecule has 2 N–H and O–H groups in total. The minimum atomic E-state index is -3.83. The Labute approximate surface area is 167 Å². The number of amides is 1. The van der Waals surface area contributed by atoms with Crippen LogP contribution in [0.4, 0.5) is 5.69 Å². The summed E-state index contributed by atoms with van der Waals surface area (Å²) in [5.74, 6) is 0.857. The van der Waals surface area contributed by atoms with E-state index in [-0.39, 0.29) is 16.8 Å². The van der Waals surface area contributed by atoms with Gasteiger partial charge in [-0.15, -0.1) is 0 Å². The largest absolute Gasteiger partial charge is 0.496 e. The summed E-state index contributed by atoms with van der Waals surface area (Å²) in [4.78, 5) is 12.4. The molecule has 0 radical (unpaired) electrons. The minimum absolute atomic E-state index is 0.0289. The molecule has 27 heavy (non-hydrogen) atoms. The van der Waals surface area contributed by atoms with Crippen molar-refractivity contribution in [2.45, 2.75) is 30.7 Å². The Morgan fingerprint density at radius 3 is 2.59 bits per heavy atom. The first-order valence-corrected chi connectivity index (χ1v) is 10.8. The van der Waals surface area contributed by atoms with Crippen molar-refractivity contribution in [3.63, 3.8) is 0 Å². The van der Waals surface area contributed by atoms with Gasteiger partial charge in [-0.1, -0.05) is 6.07 Å². The second kappa shape index (κ2) is 7.90. The molecule has 1 aliphatic rings. The molecule has 0 spiro atoms. The van der Waals surface area contributed by atoms with Gasteiger partial charge in [-0.25, -0.2) is 8.42 Å². The van der Waals surface area contributed by atoms with Crippen LogP contribution in [0, 0.1) is 5.92 Å². The first-order chi connectivity index (χ1) is 12.8. The lowest BCUT2D eigenvalue weighted by molar-refractivity contribution is 0.0935. The molecule has 144 valence electrons. The van der Waals surface area contributed by atoms with E-state index in [0.29, 0.717) is 27.4 Å². The van der Waals surface area contributed by atoms with Gasteiger partial charge in [-0.3, -0.25) is 9.52 Å². The Balaban J connectivity index is 1.78. The Hall–Kier alpha value is -2.06. The van der Waals surface area contributed by atoms with Crippen molar-refractivity contribution >= 4 is 37.5 Å². The van der Waals surface area contributed by atoms with E-state index in [1.165, 1.54) is 19.2 Å². The molecule has 1 amide bonds. The van der Waals surface area contributed by atoms with Gasteiger partial charge in [0.2, 0.25) is 0 Å². The SMILES string of the molecule is COc1ccc(NS(=O)(=O)c2cccc(C(=O)N[C@@H](C)C3CC3)c2)cc1Br. The molecule has 0 aliphatic heterocycles. The highest BCUT2D eigenvalue weighted by Gasteiger charge is 2.29. The monoisotopic (exact) mass is 452 g/mol. The Morgan fingerprint density at radius 1 is 1.22 bits per heavy atom. The van der Waals surface area contributed by atoms with Gasteiger partial charge in [0, 0.05) is 11.6 Å². The van der Waals surface area contributed by atoms with Crippen molar-refractivity contribution in [1.29, 1.82) is 0 Å². The molecule has 6 nitrogen and oxygen atoms in total. The van der Waals surface area contributed by atoms with Crippen molar-refractivity contribution in [1.82, 2.24) is 5.32 Å². The number of rotatable bonds is 7. The molecule has 1 atom stereocenters. The maximum atomic E-state index is 12.7. The fourth-order valence-electron chi connectivity index (χ4n) is 2.75. The molecule has 1 fully saturated rings. The second-order valence-electron chi connectivity index (χ2n) is 6.58. The van der Waals surface area contributed by atoms with Crippen LogP contribution in [0.25, 0.3) is 0 Å². The molecule has 0 aromatic heterocycles. The number of hydrogen-bond acceptors (Lipinski definition) is 4. The number of carbonyl (C=O) groups excluding carboxylic acids is 1. The van der Waals surface area contributed by atoms with Crippen LogP contribution in [0.5, 0.6) is 5.75 Å². The molecule has 2 aromatic rings. The van der Waals surface area contributed by atoms with Crippen LogP contribution in [-0.4, -0.2) is 27.5 Å². The van der Waals surface area contributed by atoms with E-state index < -0.39 is 10.0 Å². The third kappa shape index (κ3) is 4.81. The zero-order chi connectivity index (χ0) is 19.6. The van der Waals surface area contributed by atoms with Gasteiger partial charge in [0.25, 0.3) is 15.9 Å². The van der Waals surface area contributed by atoms with Crippen molar-refractivity contribution in [3.8, 4) is 5.75 Å². The lowest BCUT2D eigenvalue weighted by Crippen LogP contribution is -2.34. The third-order valence-corrected chi connectivity index (χ3v) is 6.50. The number of anilines is 1. The van der Waals surface area contributed by atoms with E-state index >= 15 is 0 Å². The van der Waals surface area contributed by atoms with E-state index in [1.54, 1.807) is 30.3 Å². The molecule has 0 unspecified atom stereocenters. The van der Waals surface area contributed by atoms with Gasteiger partial charge in [0.15, 0.2) is 0 Å². The summed E-state index contributed by atoms with van der Waals surface area (Å²) in [6, 6.07) is 11.0. The highest BCUT2D eigenvalue weighted by Crippen LogP contribution is 2.32. The lowest BCUT2D eigenvalue weighted by atomic mass is 10.1. The average Bonchev–Trinajstić information content (AvgIpc) is 3.47. The number of halogens is 1. The van der Waals surface area contributed by atoms with Crippen LogP contribution >= 0.6 is 15.9 Å². The molecular weight excluding hydrogens is 432 g/mol. The van der Waals surface area contributed by atoms with Crippen LogP contribution in [-0.2, 0) is 10.0 Å². The van der Waals surface area contributed by atoms with Crippen molar-refractivity contribution in [3.05, 3.63) is 52.5 Å². The number of sulfonamides is 1. The van der Waals surface area contributed by atoms with Crippen LogP contribution in [0.1, 0.15) is 30.1 Å². The zero-order valence-corrected chi connectivity index (χ0v) is 17.4. The first kappa shape index (κ1) is 19.7. The summed E-state index contributed by atoms with van der Waals surface area (Å²) in [7, 11) is -2.30. The molecule has 1 saturated carbocycles. The number of nitrogens with one attached hydrogen (secondary N) is 2. The van der Waals surface area contributed by atoms with Gasteiger partial charge >= 0.3 is 0 Å². The fraction of sp³-hybridized carbons (Fsp3) is 0.316. The molecule has 0 bridgehead atoms. The molecule has 8 heteroatoms. The summed E-state index contributed by atoms with van der Waals surface area (Å²) in [5, 5.41) is 2.93. The number of methoxy groups -OCH3 is 1. The number of ether oxygens (including phenoxy) is 1. The standard InChI is InChI=1S/C19H21BrN2O4S/c1-12(13-6-7-13)21-19(23)14-4-3-5-16(10-14)27(24,25)22-15-8-9-18(26-2)17(20)11-15/h3-5,8-13,22H,6-7H2,1-2H3,(H,21,23)/t12-/m0/s1. The quantitative estimate of drug-likeness (QED) is 0.668. The van der Waals surface area contributed by atoms with Crippen molar-refractivity contribution in [2.75, 3.05) is 11.8 Å². The van der Waals surface area contributed by atoms with Gasteiger partial charge in [0.1, 0.15) is 5.75 Å². The zero-order valence-electron chi connectivity index (χ0n) is 15.0. The maximum absolute atomic E-state index is 12.7. The Morgan fingerprint density at radius 2 is 1.96 bits per heavy atom. The van der Waals surface area contributed by atoms with Crippen LogP contribution in [0.2, 0.25) is 0 Å². The summed E-state index contributed by atoms with van der Waals surface area (Å²) in [6.07, 6.45) is 2.24. The molecule has 3 rings (SSSR count). The Kier molecular flexibility index (Phi) is 5.76. The Bertz CT molecular complexity index is 958. The maximum Gasteiger partial charge on any atom is 0.261 e. The van der Waals surface area contributed by atoms with E-state index in [9.17, 15) is 13.2 Å². The van der Waals surface area contributed by atoms with E-state index in [2.05, 4.69) is 26.0 Å². The summed E-state index contributed by atoms with van der Waals surface area (Å²) in [6.45, 7) is 1.97. The van der Waals surface area contributed by atoms with Crippen LogP contribution in [0.3, 0.4) is 0 Å². The van der Waals surface area contributed by atoms with Crippen molar-refractivity contribution in [2.24, 2.45) is 5.92 Å². The van der Waals surface area contributed by atoms with Gasteiger partial charge in [-0.2, -0.15) is 0 Å². The molecule has 0 heterocycles. The molecule has 0 saturated heterocycles. The fourth-order valence-corrected chi connectivity index (χ4v) is 4.39. The average molecular weight is 453 g/mol. The second-order valence-corrected chi connectivity index (χ2v) is 9.12. The van der Waals surface area contributed by atoms with Crippen LogP contribution in [0.15, 0.2) is 51.8 Å². The summed E-state index contributed by atoms with van der Waals surface area (Å²) in [5.41, 5.74) is 0.709. The molecule has 1 aliphatic carbocycles. The summed E-state index contributed by atoms with van der Waals surface area (Å²) >= 11 is 3.33. The molecule has 2 aromatic carbocycles. The highest BCUT2D eigenvalue weighted by molar-refractivity contribution is 9.10. The predicted molar refractivity (Wildman–Crippen MR) is 108 cm³/mol. The smallest absolute Gasteiger partial charge is 0.261 e. The summed E-state index contributed by atoms with van der Waals surface area (Å²) < 4.78 is 33.7. The molecular formula is C19H21BrN2O4S. The van der Waals surface area contributed by atoms with E-state index in [1.807, 2.05) is 6.92 Å². The normalized spacial score (nSPS) is 15.1. The number of hydrogen-bond donors (Lipinski definition) is 2. The predicted octanol–water partition coefficient (Wildman–Crippen LogP) is 3.79. The van der Waals surface area contributed by atoms with E-state index in [0.717, 1.165) is 12.8 Å². The number of benzene rings is 2. The number of carbonyl (C=O) groups is 1. The highest BCUT2D eigenvalue weighted by atomic mass is 79.9. The van der Waals surface area contributed by atoms with Gasteiger partial charge in [0.05, 0.1) is 22.2 Å². The topological polar surface area (TPSA) is 84.5 Å². The van der Waals surface area contributed by atoms with E-state index in [4.69, 9.17) is 4.74 Å². The minimum Gasteiger partial charge on any atom is -0.496 e.